The molecule has 3 aromatic rings. The van der Waals surface area contributed by atoms with Crippen LogP contribution in [0.3, 0.4) is 0 Å². The molecular weight excluding hydrogens is 306 g/mol. The van der Waals surface area contributed by atoms with E-state index in [1.165, 1.54) is 11.8 Å². The molecule has 2 aromatic carbocycles. The molecule has 4 nitrogen and oxygen atoms in total. The molecule has 0 amide bonds. The van der Waals surface area contributed by atoms with Crippen LogP contribution >= 0.6 is 11.8 Å². The highest BCUT2D eigenvalue weighted by Crippen LogP contribution is 2.21. The summed E-state index contributed by atoms with van der Waals surface area (Å²) in [5, 5.41) is 11.1. The van der Waals surface area contributed by atoms with E-state index in [0.29, 0.717) is 12.3 Å². The number of Topliss-reactive ketones (excluding diaryl/α,β-unsaturated/α-hetero) is 1. The molecule has 0 saturated heterocycles. The number of hydrogen-bond acceptors (Lipinski definition) is 4. The normalized spacial score (nSPS) is 10.8. The van der Waals surface area contributed by atoms with Crippen molar-refractivity contribution in [3.05, 3.63) is 66.5 Å². The molecule has 0 bridgehead atoms. The third kappa shape index (κ3) is 3.35. The van der Waals surface area contributed by atoms with Crippen molar-refractivity contribution in [2.24, 2.45) is 0 Å². The molecule has 0 aliphatic rings. The molecule has 1 aromatic heterocycles. The monoisotopic (exact) mass is 323 g/mol. The van der Waals surface area contributed by atoms with E-state index in [1.807, 2.05) is 54.0 Å². The standard InChI is InChI=1S/C18H17N3OS/c1-3-10-21-13(2)19-20-18(21)23-12-17(22)16-9-8-14-6-4-5-7-15(14)11-16/h3-9,11H,1,10,12H2,2H3. The molecule has 0 aliphatic heterocycles. The maximum Gasteiger partial charge on any atom is 0.191 e. The maximum atomic E-state index is 12.4. The van der Waals surface area contributed by atoms with Crippen LogP contribution in [0, 0.1) is 6.92 Å². The van der Waals surface area contributed by atoms with Gasteiger partial charge in [-0.15, -0.1) is 16.8 Å². The summed E-state index contributed by atoms with van der Waals surface area (Å²) < 4.78 is 1.95. The van der Waals surface area contributed by atoms with Gasteiger partial charge in [0.25, 0.3) is 0 Å². The lowest BCUT2D eigenvalue weighted by Gasteiger charge is -2.05. The second-order valence-electron chi connectivity index (χ2n) is 5.20. The van der Waals surface area contributed by atoms with Gasteiger partial charge < -0.3 is 4.57 Å². The van der Waals surface area contributed by atoms with Gasteiger partial charge in [-0.2, -0.15) is 0 Å². The summed E-state index contributed by atoms with van der Waals surface area (Å²) in [6.45, 7) is 6.28. The third-order valence-corrected chi connectivity index (χ3v) is 4.58. The number of rotatable bonds is 6. The number of hydrogen-bond donors (Lipinski definition) is 0. The summed E-state index contributed by atoms with van der Waals surface area (Å²) in [7, 11) is 0. The van der Waals surface area contributed by atoms with E-state index in [4.69, 9.17) is 0 Å². The van der Waals surface area contributed by atoms with Crippen LogP contribution in [0.4, 0.5) is 0 Å². The van der Waals surface area contributed by atoms with Gasteiger partial charge in [0.1, 0.15) is 5.82 Å². The number of thioether (sulfide) groups is 1. The number of aryl methyl sites for hydroxylation is 1. The van der Waals surface area contributed by atoms with E-state index in [0.717, 1.165) is 27.3 Å². The van der Waals surface area contributed by atoms with Crippen LogP contribution < -0.4 is 0 Å². The fraction of sp³-hybridized carbons (Fsp3) is 0.167. The Balaban J connectivity index is 1.74. The highest BCUT2D eigenvalue weighted by Gasteiger charge is 2.12. The topological polar surface area (TPSA) is 47.8 Å². The van der Waals surface area contributed by atoms with Crippen LogP contribution in [-0.4, -0.2) is 26.3 Å². The number of carbonyl (C=O) groups is 1. The second kappa shape index (κ2) is 6.79. The largest absolute Gasteiger partial charge is 0.302 e. The highest BCUT2D eigenvalue weighted by atomic mass is 32.2. The van der Waals surface area contributed by atoms with E-state index in [1.54, 1.807) is 6.08 Å². The molecule has 23 heavy (non-hydrogen) atoms. The van der Waals surface area contributed by atoms with E-state index in [2.05, 4.69) is 16.8 Å². The lowest BCUT2D eigenvalue weighted by atomic mass is 10.1. The van der Waals surface area contributed by atoms with Crippen LogP contribution in [0.1, 0.15) is 16.2 Å². The number of allylic oxidation sites excluding steroid dienone is 1. The first-order chi connectivity index (χ1) is 11.2. The van der Waals surface area contributed by atoms with Gasteiger partial charge in [0.15, 0.2) is 10.9 Å². The second-order valence-corrected chi connectivity index (χ2v) is 6.15. The number of fused-ring (bicyclic) bond motifs is 1. The van der Waals surface area contributed by atoms with Crippen LogP contribution in [-0.2, 0) is 6.54 Å². The fourth-order valence-corrected chi connectivity index (χ4v) is 3.27. The Morgan fingerprint density at radius 1 is 1.22 bits per heavy atom. The Morgan fingerprint density at radius 3 is 2.78 bits per heavy atom. The van der Waals surface area contributed by atoms with Crippen molar-refractivity contribution in [2.45, 2.75) is 18.6 Å². The van der Waals surface area contributed by atoms with Gasteiger partial charge in [0.05, 0.1) is 5.75 Å². The minimum absolute atomic E-state index is 0.0894. The summed E-state index contributed by atoms with van der Waals surface area (Å²) in [4.78, 5) is 12.4. The molecule has 5 heteroatoms. The lowest BCUT2D eigenvalue weighted by Crippen LogP contribution is -2.05. The zero-order chi connectivity index (χ0) is 16.2. The smallest absolute Gasteiger partial charge is 0.191 e. The molecule has 0 atom stereocenters. The van der Waals surface area contributed by atoms with Crippen LogP contribution in [0.15, 0.2) is 60.3 Å². The minimum atomic E-state index is 0.0894. The summed E-state index contributed by atoms with van der Waals surface area (Å²) >= 11 is 1.41. The number of ketones is 1. The Morgan fingerprint density at radius 2 is 2.00 bits per heavy atom. The van der Waals surface area contributed by atoms with Crippen molar-refractivity contribution in [1.29, 1.82) is 0 Å². The van der Waals surface area contributed by atoms with Crippen molar-refractivity contribution in [2.75, 3.05) is 5.75 Å². The molecule has 116 valence electrons. The quantitative estimate of drug-likeness (QED) is 0.392. The predicted molar refractivity (Wildman–Crippen MR) is 94.0 cm³/mol. The van der Waals surface area contributed by atoms with Crippen LogP contribution in [0.2, 0.25) is 0 Å². The van der Waals surface area contributed by atoms with Gasteiger partial charge in [0.2, 0.25) is 0 Å². The van der Waals surface area contributed by atoms with Gasteiger partial charge in [0, 0.05) is 12.1 Å². The molecule has 1 heterocycles. The first kappa shape index (κ1) is 15.5. The third-order valence-electron chi connectivity index (χ3n) is 3.62. The average molecular weight is 323 g/mol. The Kier molecular flexibility index (Phi) is 4.57. The summed E-state index contributed by atoms with van der Waals surface area (Å²) in [5.74, 6) is 1.25. The van der Waals surface area contributed by atoms with Gasteiger partial charge >= 0.3 is 0 Å². The molecule has 0 fully saturated rings. The fourth-order valence-electron chi connectivity index (χ4n) is 2.38. The van der Waals surface area contributed by atoms with Gasteiger partial charge in [-0.25, -0.2) is 0 Å². The van der Waals surface area contributed by atoms with E-state index < -0.39 is 0 Å². The Hall–Kier alpha value is -2.40. The van der Waals surface area contributed by atoms with Gasteiger partial charge in [-0.05, 0) is 23.8 Å². The van der Waals surface area contributed by atoms with Crippen molar-refractivity contribution in [3.63, 3.8) is 0 Å². The summed E-state index contributed by atoms with van der Waals surface area (Å²) in [5.41, 5.74) is 0.725. The molecule has 0 saturated carbocycles. The molecule has 0 radical (unpaired) electrons. The van der Waals surface area contributed by atoms with Crippen molar-refractivity contribution in [3.8, 4) is 0 Å². The summed E-state index contributed by atoms with van der Waals surface area (Å²) in [6.07, 6.45) is 1.80. The molecule has 0 spiro atoms. The SMILES string of the molecule is C=CCn1c(C)nnc1SCC(=O)c1ccc2ccccc2c1. The van der Waals surface area contributed by atoms with E-state index in [9.17, 15) is 4.79 Å². The molecule has 0 aliphatic carbocycles. The average Bonchev–Trinajstić information content (AvgIpc) is 2.93. The van der Waals surface area contributed by atoms with Crippen molar-refractivity contribution >= 4 is 28.3 Å². The Labute approximate surface area is 139 Å². The Bertz CT molecular complexity index is 870. The van der Waals surface area contributed by atoms with Gasteiger partial charge in [-0.1, -0.05) is 54.2 Å². The van der Waals surface area contributed by atoms with Gasteiger partial charge in [-0.3, -0.25) is 4.79 Å². The zero-order valence-electron chi connectivity index (χ0n) is 12.9. The number of nitrogens with zero attached hydrogens (tertiary/aromatic N) is 3. The lowest BCUT2D eigenvalue weighted by molar-refractivity contribution is 0.102. The molecular formula is C18H17N3OS. The minimum Gasteiger partial charge on any atom is -0.302 e. The number of benzene rings is 2. The molecule has 3 rings (SSSR count). The highest BCUT2D eigenvalue weighted by molar-refractivity contribution is 7.99. The maximum absolute atomic E-state index is 12.4. The van der Waals surface area contributed by atoms with Crippen LogP contribution in [0.25, 0.3) is 10.8 Å². The van der Waals surface area contributed by atoms with E-state index in [-0.39, 0.29) is 5.78 Å². The van der Waals surface area contributed by atoms with Crippen molar-refractivity contribution in [1.82, 2.24) is 14.8 Å². The van der Waals surface area contributed by atoms with Crippen molar-refractivity contribution < 1.29 is 4.79 Å². The zero-order valence-corrected chi connectivity index (χ0v) is 13.7. The van der Waals surface area contributed by atoms with E-state index >= 15 is 0 Å². The predicted octanol–water partition coefficient (Wildman–Crippen LogP) is 3.90. The molecule has 0 unspecified atom stereocenters. The first-order valence-corrected chi connectivity index (χ1v) is 8.33. The first-order valence-electron chi connectivity index (χ1n) is 7.34. The molecule has 0 N–H and O–H groups in total. The number of carbonyl (C=O) groups excluding carboxylic acids is 1. The number of aromatic nitrogens is 3. The summed E-state index contributed by atoms with van der Waals surface area (Å²) in [6, 6.07) is 13.8. The van der Waals surface area contributed by atoms with Crippen LogP contribution in [0.5, 0.6) is 0 Å².